The van der Waals surface area contributed by atoms with Crippen LogP contribution >= 0.6 is 0 Å². The van der Waals surface area contributed by atoms with Crippen LogP contribution in [0.1, 0.15) is 120 Å². The van der Waals surface area contributed by atoms with Gasteiger partial charge in [0.05, 0.1) is 0 Å². The standard InChI is InChI=1S/C32H71N3OSi/c1-10-22-33(23-11-2)28-18-32(19-29-34(24-12-3)25-13-4,20-30-35(26-14-5)27-15-6)21-31-37(16-7,17-8)36-9/h10-31H2,1-9H3. The molecule has 4 nitrogen and oxygen atoms in total. The highest BCUT2D eigenvalue weighted by Gasteiger charge is 2.37. The van der Waals surface area contributed by atoms with E-state index in [1.165, 1.54) is 141 Å². The van der Waals surface area contributed by atoms with Crippen molar-refractivity contribution in [3.05, 3.63) is 0 Å². The topological polar surface area (TPSA) is 19.0 Å². The van der Waals surface area contributed by atoms with Crippen LogP contribution in [-0.4, -0.2) is 89.0 Å². The molecule has 0 aliphatic carbocycles. The van der Waals surface area contributed by atoms with Crippen LogP contribution in [0, 0.1) is 5.41 Å². The van der Waals surface area contributed by atoms with Crippen molar-refractivity contribution in [3.63, 3.8) is 0 Å². The molecule has 0 saturated heterocycles. The first-order chi connectivity index (χ1) is 17.9. The SMILES string of the molecule is CCCN(CCC)CCC(CCN(CCC)CCC)(CCN(CCC)CCC)CC[Si](CC)(CC)OC. The summed E-state index contributed by atoms with van der Waals surface area (Å²) in [5, 5.41) is 0. The van der Waals surface area contributed by atoms with Crippen LogP contribution < -0.4 is 0 Å². The van der Waals surface area contributed by atoms with Crippen LogP contribution in [0.3, 0.4) is 0 Å². The minimum atomic E-state index is -1.63. The Morgan fingerprint density at radius 2 is 0.757 bits per heavy atom. The van der Waals surface area contributed by atoms with Gasteiger partial charge in [0.1, 0.15) is 0 Å². The molecule has 0 aromatic carbocycles. The van der Waals surface area contributed by atoms with Crippen LogP contribution in [0.25, 0.3) is 0 Å². The van der Waals surface area contributed by atoms with Gasteiger partial charge in [-0.2, -0.15) is 0 Å². The fourth-order valence-corrected chi connectivity index (χ4v) is 9.30. The summed E-state index contributed by atoms with van der Waals surface area (Å²) in [7, 11) is 0.386. The quantitative estimate of drug-likeness (QED) is 0.0970. The summed E-state index contributed by atoms with van der Waals surface area (Å²) in [6.45, 7) is 30.2. The fraction of sp³-hybridized carbons (Fsp3) is 1.00. The molecule has 0 aliphatic heterocycles. The van der Waals surface area contributed by atoms with Gasteiger partial charge in [-0.1, -0.05) is 55.4 Å². The molecule has 0 rings (SSSR count). The summed E-state index contributed by atoms with van der Waals surface area (Å²) in [5.41, 5.74) is 0.417. The van der Waals surface area contributed by atoms with Crippen LogP contribution in [-0.2, 0) is 4.43 Å². The Kier molecular flexibility index (Phi) is 22.9. The van der Waals surface area contributed by atoms with E-state index in [4.69, 9.17) is 4.43 Å². The van der Waals surface area contributed by atoms with Crippen LogP contribution in [0.15, 0.2) is 0 Å². The highest BCUT2D eigenvalue weighted by molar-refractivity contribution is 6.73. The van der Waals surface area contributed by atoms with Crippen molar-refractivity contribution in [2.75, 3.05) is 66.0 Å². The molecule has 5 heteroatoms. The molecule has 0 bridgehead atoms. The Labute approximate surface area is 236 Å². The molecule has 0 fully saturated rings. The predicted octanol–water partition coefficient (Wildman–Crippen LogP) is 8.53. The Bertz CT molecular complexity index is 424. The zero-order valence-electron chi connectivity index (χ0n) is 27.3. The lowest BCUT2D eigenvalue weighted by molar-refractivity contribution is 0.114. The first kappa shape index (κ1) is 37.1. The summed E-state index contributed by atoms with van der Waals surface area (Å²) < 4.78 is 6.35. The van der Waals surface area contributed by atoms with E-state index in [0.717, 1.165) is 0 Å². The lowest BCUT2D eigenvalue weighted by atomic mass is 9.75. The van der Waals surface area contributed by atoms with E-state index in [1.807, 2.05) is 7.11 Å². The minimum absolute atomic E-state index is 0.417. The second-order valence-corrected chi connectivity index (χ2v) is 16.6. The Hall–Kier alpha value is 0.0569. The molecular weight excluding hydrogens is 470 g/mol. The van der Waals surface area contributed by atoms with E-state index in [1.54, 1.807) is 0 Å². The molecule has 0 unspecified atom stereocenters. The molecule has 37 heavy (non-hydrogen) atoms. The summed E-state index contributed by atoms with van der Waals surface area (Å²) in [5.74, 6) is 0. The smallest absolute Gasteiger partial charge is 0.191 e. The maximum Gasteiger partial charge on any atom is 0.191 e. The third-order valence-electron chi connectivity index (χ3n) is 8.95. The number of hydrogen-bond acceptors (Lipinski definition) is 4. The number of nitrogens with zero attached hydrogens (tertiary/aromatic N) is 3. The van der Waals surface area contributed by atoms with Gasteiger partial charge < -0.3 is 19.1 Å². The first-order valence-electron chi connectivity index (χ1n) is 16.6. The Morgan fingerprint density at radius 1 is 0.459 bits per heavy atom. The molecule has 0 aliphatic rings. The van der Waals surface area contributed by atoms with Crippen LogP contribution in [0.5, 0.6) is 0 Å². The van der Waals surface area contributed by atoms with Gasteiger partial charge in [-0.25, -0.2) is 0 Å². The molecular formula is C32H71N3OSi. The van der Waals surface area contributed by atoms with E-state index in [-0.39, 0.29) is 0 Å². The van der Waals surface area contributed by atoms with Gasteiger partial charge in [-0.05, 0) is 147 Å². The molecule has 0 aromatic heterocycles. The molecule has 224 valence electrons. The third-order valence-corrected chi connectivity index (χ3v) is 13.6. The number of rotatable bonds is 27. The van der Waals surface area contributed by atoms with E-state index >= 15 is 0 Å². The second kappa shape index (κ2) is 22.8. The highest BCUT2D eigenvalue weighted by Crippen LogP contribution is 2.41. The molecule has 0 radical (unpaired) electrons. The van der Waals surface area contributed by atoms with Gasteiger partial charge in [-0.15, -0.1) is 0 Å². The van der Waals surface area contributed by atoms with Crippen molar-refractivity contribution >= 4 is 8.32 Å². The summed E-state index contributed by atoms with van der Waals surface area (Å²) >= 11 is 0. The van der Waals surface area contributed by atoms with Crippen molar-refractivity contribution in [3.8, 4) is 0 Å². The van der Waals surface area contributed by atoms with Crippen molar-refractivity contribution in [2.24, 2.45) is 5.41 Å². The van der Waals surface area contributed by atoms with Crippen molar-refractivity contribution in [1.82, 2.24) is 14.7 Å². The Balaban J connectivity index is 6.08. The van der Waals surface area contributed by atoms with Gasteiger partial charge in [-0.3, -0.25) is 0 Å². The number of hydrogen-bond donors (Lipinski definition) is 0. The van der Waals surface area contributed by atoms with E-state index in [0.29, 0.717) is 5.41 Å². The molecule has 0 N–H and O–H groups in total. The van der Waals surface area contributed by atoms with Crippen molar-refractivity contribution in [1.29, 1.82) is 0 Å². The monoisotopic (exact) mass is 542 g/mol. The van der Waals surface area contributed by atoms with Gasteiger partial charge in [0, 0.05) is 7.11 Å². The summed E-state index contributed by atoms with van der Waals surface area (Å²) in [6.07, 6.45) is 13.0. The van der Waals surface area contributed by atoms with E-state index in [2.05, 4.69) is 70.1 Å². The molecule has 0 aromatic rings. The molecule has 0 amide bonds. The van der Waals surface area contributed by atoms with Crippen molar-refractivity contribution in [2.45, 2.75) is 138 Å². The van der Waals surface area contributed by atoms with Gasteiger partial charge in [0.15, 0.2) is 8.32 Å². The zero-order valence-corrected chi connectivity index (χ0v) is 28.3. The van der Waals surface area contributed by atoms with E-state index < -0.39 is 8.32 Å². The normalized spacial score (nSPS) is 13.0. The third kappa shape index (κ3) is 15.4. The average Bonchev–Trinajstić information content (AvgIpc) is 2.90. The van der Waals surface area contributed by atoms with Gasteiger partial charge >= 0.3 is 0 Å². The maximum absolute atomic E-state index is 6.35. The average molecular weight is 542 g/mol. The first-order valence-corrected chi connectivity index (χ1v) is 19.1. The van der Waals surface area contributed by atoms with Gasteiger partial charge in [0.2, 0.25) is 0 Å². The largest absolute Gasteiger partial charge is 0.420 e. The summed E-state index contributed by atoms with van der Waals surface area (Å²) in [4.78, 5) is 8.29. The molecule has 0 spiro atoms. The zero-order chi connectivity index (χ0) is 28.0. The highest BCUT2D eigenvalue weighted by atomic mass is 28.4. The lowest BCUT2D eigenvalue weighted by Crippen LogP contribution is -2.41. The van der Waals surface area contributed by atoms with Gasteiger partial charge in [0.25, 0.3) is 0 Å². The summed E-state index contributed by atoms with van der Waals surface area (Å²) in [6, 6.07) is 3.84. The molecule has 0 atom stereocenters. The van der Waals surface area contributed by atoms with Crippen LogP contribution in [0.2, 0.25) is 18.1 Å². The van der Waals surface area contributed by atoms with E-state index in [9.17, 15) is 0 Å². The Morgan fingerprint density at radius 3 is 0.973 bits per heavy atom. The second-order valence-electron chi connectivity index (χ2n) is 11.9. The lowest BCUT2D eigenvalue weighted by Gasteiger charge is -2.41. The maximum atomic E-state index is 6.35. The minimum Gasteiger partial charge on any atom is -0.420 e. The predicted molar refractivity (Wildman–Crippen MR) is 170 cm³/mol. The fourth-order valence-electron chi connectivity index (χ4n) is 6.33. The van der Waals surface area contributed by atoms with Crippen molar-refractivity contribution < 1.29 is 4.43 Å². The van der Waals surface area contributed by atoms with Crippen LogP contribution in [0.4, 0.5) is 0 Å². The molecule has 0 saturated carbocycles. The molecule has 0 heterocycles.